The lowest BCUT2D eigenvalue weighted by Gasteiger charge is -2.26. The molecule has 0 unspecified atom stereocenters. The number of nitrogens with zero attached hydrogens (tertiary/aromatic N) is 5. The second-order valence-electron chi connectivity index (χ2n) is 8.42. The molecule has 32 heavy (non-hydrogen) atoms. The third kappa shape index (κ3) is 4.81. The molecule has 0 radical (unpaired) electrons. The van der Waals surface area contributed by atoms with Crippen molar-refractivity contribution in [2.75, 3.05) is 29.9 Å². The highest BCUT2D eigenvalue weighted by Crippen LogP contribution is 2.40. The largest absolute Gasteiger partial charge is 0.491 e. The van der Waals surface area contributed by atoms with Crippen LogP contribution in [0.5, 0.6) is 5.75 Å². The monoisotopic (exact) mass is 438 g/mol. The summed E-state index contributed by atoms with van der Waals surface area (Å²) in [4.78, 5) is 42.1. The number of ether oxygens (including phenoxy) is 1. The maximum atomic E-state index is 13.2. The van der Waals surface area contributed by atoms with Crippen LogP contribution in [0.2, 0.25) is 0 Å². The van der Waals surface area contributed by atoms with Gasteiger partial charge in [0.15, 0.2) is 5.75 Å². The molecule has 3 amide bonds. The first kappa shape index (κ1) is 22.0. The predicted octanol–water partition coefficient (Wildman–Crippen LogP) is 3.44. The Balaban J connectivity index is 1.47. The molecular formula is C23H30N6O3. The summed E-state index contributed by atoms with van der Waals surface area (Å²) in [5.74, 6) is 1.92. The number of rotatable bonds is 9. The number of pyridine rings is 1. The van der Waals surface area contributed by atoms with E-state index >= 15 is 0 Å². The second-order valence-corrected chi connectivity index (χ2v) is 8.42. The van der Waals surface area contributed by atoms with Crippen molar-refractivity contribution in [3.8, 4) is 5.75 Å². The van der Waals surface area contributed by atoms with Crippen LogP contribution in [0, 0.1) is 5.92 Å². The highest BCUT2D eigenvalue weighted by molar-refractivity contribution is 5.98. The van der Waals surface area contributed by atoms with E-state index in [1.807, 2.05) is 19.1 Å². The fourth-order valence-electron chi connectivity index (χ4n) is 3.98. The van der Waals surface area contributed by atoms with Gasteiger partial charge in [0.2, 0.25) is 11.9 Å². The molecule has 2 aromatic heterocycles. The number of hydrogen-bond acceptors (Lipinski definition) is 6. The summed E-state index contributed by atoms with van der Waals surface area (Å²) in [5.41, 5.74) is 1.20. The second kappa shape index (κ2) is 9.50. The van der Waals surface area contributed by atoms with E-state index < -0.39 is 0 Å². The Kier molecular flexibility index (Phi) is 6.53. The Morgan fingerprint density at radius 3 is 2.66 bits per heavy atom. The quantitative estimate of drug-likeness (QED) is 0.644. The topological polar surface area (TPSA) is 101 Å². The van der Waals surface area contributed by atoms with Crippen LogP contribution in [0.3, 0.4) is 0 Å². The van der Waals surface area contributed by atoms with E-state index in [-0.39, 0.29) is 30.4 Å². The van der Waals surface area contributed by atoms with Crippen molar-refractivity contribution in [2.45, 2.75) is 52.0 Å². The lowest BCUT2D eigenvalue weighted by atomic mass is 9.99. The zero-order chi connectivity index (χ0) is 22.7. The average molecular weight is 439 g/mol. The molecule has 1 N–H and O–H groups in total. The maximum Gasteiger partial charge on any atom is 0.327 e. The molecule has 2 atom stereocenters. The van der Waals surface area contributed by atoms with E-state index in [4.69, 9.17) is 4.74 Å². The number of amides is 3. The van der Waals surface area contributed by atoms with Crippen LogP contribution in [0.1, 0.15) is 51.5 Å². The van der Waals surface area contributed by atoms with Crippen molar-refractivity contribution in [3.63, 3.8) is 0 Å². The summed E-state index contributed by atoms with van der Waals surface area (Å²) in [6.07, 6.45) is 8.09. The van der Waals surface area contributed by atoms with E-state index in [2.05, 4.69) is 34.1 Å². The van der Waals surface area contributed by atoms with Gasteiger partial charge in [-0.3, -0.25) is 9.69 Å². The van der Waals surface area contributed by atoms with E-state index in [9.17, 15) is 9.59 Å². The van der Waals surface area contributed by atoms with Crippen LogP contribution in [0.4, 0.5) is 16.6 Å². The highest BCUT2D eigenvalue weighted by Gasteiger charge is 2.42. The van der Waals surface area contributed by atoms with Crippen molar-refractivity contribution in [3.05, 3.63) is 36.3 Å². The number of carbonyl (C=O) groups is 2. The minimum atomic E-state index is -0.269. The molecule has 1 aliphatic carbocycles. The Hall–Kier alpha value is -3.23. The molecule has 1 saturated carbocycles. The standard InChI is InChI=1S/C23H30N6O3/c1-4-15(3)19-13-29(22-25-11-18(12-26-22)32-5-2)23(31)28(19)14-21(30)27-20-10-17(8-9-24-20)16-6-7-16/h8-12,15-16,19H,4-7,13-14H2,1-3H3,(H,24,27,30)/t15-,19+/m0/s1. The van der Waals surface area contributed by atoms with Gasteiger partial charge in [0, 0.05) is 6.20 Å². The molecule has 3 heterocycles. The minimum Gasteiger partial charge on any atom is -0.491 e. The number of aromatic nitrogens is 3. The van der Waals surface area contributed by atoms with Crippen LogP contribution in [0.15, 0.2) is 30.7 Å². The average Bonchev–Trinajstić information content (AvgIpc) is 3.60. The van der Waals surface area contributed by atoms with Gasteiger partial charge in [0.25, 0.3) is 0 Å². The van der Waals surface area contributed by atoms with E-state index in [1.54, 1.807) is 23.5 Å². The molecule has 1 saturated heterocycles. The molecule has 9 heteroatoms. The summed E-state index contributed by atoms with van der Waals surface area (Å²) in [5, 5.41) is 2.86. The zero-order valence-electron chi connectivity index (χ0n) is 18.8. The lowest BCUT2D eigenvalue weighted by molar-refractivity contribution is -0.117. The molecule has 0 bridgehead atoms. The van der Waals surface area contributed by atoms with Gasteiger partial charge in [-0.2, -0.15) is 0 Å². The van der Waals surface area contributed by atoms with Crippen molar-refractivity contribution >= 4 is 23.7 Å². The van der Waals surface area contributed by atoms with Gasteiger partial charge < -0.3 is 15.0 Å². The van der Waals surface area contributed by atoms with Crippen LogP contribution < -0.4 is 15.0 Å². The van der Waals surface area contributed by atoms with E-state index in [1.165, 1.54) is 23.3 Å². The summed E-state index contributed by atoms with van der Waals surface area (Å²) < 4.78 is 5.39. The van der Waals surface area contributed by atoms with Gasteiger partial charge in [-0.1, -0.05) is 20.3 Å². The van der Waals surface area contributed by atoms with Gasteiger partial charge in [-0.15, -0.1) is 0 Å². The lowest BCUT2D eigenvalue weighted by Crippen LogP contribution is -2.43. The Morgan fingerprint density at radius 1 is 1.25 bits per heavy atom. The number of nitrogens with one attached hydrogen (secondary N) is 1. The predicted molar refractivity (Wildman–Crippen MR) is 121 cm³/mol. The fourth-order valence-corrected chi connectivity index (χ4v) is 3.98. The molecule has 0 spiro atoms. The van der Waals surface area contributed by atoms with Crippen LogP contribution in [-0.2, 0) is 4.79 Å². The van der Waals surface area contributed by atoms with Gasteiger partial charge in [0.05, 0.1) is 31.6 Å². The summed E-state index contributed by atoms with van der Waals surface area (Å²) >= 11 is 0. The summed E-state index contributed by atoms with van der Waals surface area (Å²) in [6.45, 7) is 6.96. The first-order valence-electron chi connectivity index (χ1n) is 11.3. The van der Waals surface area contributed by atoms with Crippen molar-refractivity contribution < 1.29 is 14.3 Å². The minimum absolute atomic E-state index is 0.0449. The summed E-state index contributed by atoms with van der Waals surface area (Å²) in [7, 11) is 0. The Morgan fingerprint density at radius 2 is 2.00 bits per heavy atom. The van der Waals surface area contributed by atoms with Crippen LogP contribution >= 0.6 is 0 Å². The van der Waals surface area contributed by atoms with Gasteiger partial charge in [-0.25, -0.2) is 19.7 Å². The first-order chi connectivity index (χ1) is 15.5. The molecule has 2 aliphatic rings. The van der Waals surface area contributed by atoms with Crippen molar-refractivity contribution in [1.29, 1.82) is 0 Å². The van der Waals surface area contributed by atoms with Crippen molar-refractivity contribution in [1.82, 2.24) is 19.9 Å². The van der Waals surface area contributed by atoms with Gasteiger partial charge in [0.1, 0.15) is 12.4 Å². The SMILES string of the molecule is CCOc1cnc(N2C[C@H]([C@@H](C)CC)N(CC(=O)Nc3cc(C4CC4)ccn3)C2=O)nc1. The summed E-state index contributed by atoms with van der Waals surface area (Å²) in [6, 6.07) is 3.53. The van der Waals surface area contributed by atoms with Crippen LogP contribution in [-0.4, -0.2) is 57.5 Å². The Labute approximate surface area is 188 Å². The molecule has 0 aromatic carbocycles. The molecular weight excluding hydrogens is 408 g/mol. The third-order valence-corrected chi connectivity index (χ3v) is 6.13. The normalized spacial score (nSPS) is 19.2. The third-order valence-electron chi connectivity index (χ3n) is 6.13. The molecule has 4 rings (SSSR count). The first-order valence-corrected chi connectivity index (χ1v) is 11.3. The molecule has 2 aromatic rings. The van der Waals surface area contributed by atoms with E-state index in [0.717, 1.165) is 6.42 Å². The number of urea groups is 1. The van der Waals surface area contributed by atoms with Crippen LogP contribution in [0.25, 0.3) is 0 Å². The smallest absolute Gasteiger partial charge is 0.327 e. The van der Waals surface area contributed by atoms with Gasteiger partial charge in [-0.05, 0) is 49.3 Å². The highest BCUT2D eigenvalue weighted by atomic mass is 16.5. The zero-order valence-corrected chi connectivity index (χ0v) is 18.8. The number of anilines is 2. The molecule has 1 aliphatic heterocycles. The fraction of sp³-hybridized carbons (Fsp3) is 0.522. The number of carbonyl (C=O) groups excluding carboxylic acids is 2. The van der Waals surface area contributed by atoms with Crippen molar-refractivity contribution in [2.24, 2.45) is 5.92 Å². The molecule has 9 nitrogen and oxygen atoms in total. The van der Waals surface area contributed by atoms with E-state index in [0.29, 0.717) is 36.6 Å². The molecule has 2 fully saturated rings. The Bertz CT molecular complexity index is 962. The maximum absolute atomic E-state index is 13.2. The van der Waals surface area contributed by atoms with Gasteiger partial charge >= 0.3 is 6.03 Å². The number of hydrogen-bond donors (Lipinski definition) is 1. The molecule has 170 valence electrons.